The third-order valence-electron chi connectivity index (χ3n) is 4.63. The van der Waals surface area contributed by atoms with Crippen molar-refractivity contribution in [3.63, 3.8) is 0 Å². The van der Waals surface area contributed by atoms with Crippen LogP contribution in [0.25, 0.3) is 11.1 Å². The zero-order valence-corrected chi connectivity index (χ0v) is 15.6. The van der Waals surface area contributed by atoms with E-state index in [1.165, 1.54) is 7.11 Å². The van der Waals surface area contributed by atoms with E-state index in [2.05, 4.69) is 5.32 Å². The number of esters is 1. The maximum absolute atomic E-state index is 12.8. The van der Waals surface area contributed by atoms with E-state index in [1.54, 1.807) is 18.2 Å². The van der Waals surface area contributed by atoms with Gasteiger partial charge in [0.15, 0.2) is 0 Å². The van der Waals surface area contributed by atoms with Crippen molar-refractivity contribution >= 4 is 17.6 Å². The number of carbonyl (C=O) groups is 2. The molecule has 0 aromatic heterocycles. The summed E-state index contributed by atoms with van der Waals surface area (Å²) in [4.78, 5) is 25.0. The second-order valence-corrected chi connectivity index (χ2v) is 6.32. The molecular formula is C23H21NO3. The predicted molar refractivity (Wildman–Crippen MR) is 107 cm³/mol. The maximum atomic E-state index is 12.8. The highest BCUT2D eigenvalue weighted by molar-refractivity contribution is 6.09. The molecule has 0 aliphatic heterocycles. The SMILES string of the molecule is COC(=O)c1ccc(-c2ccccc2)cc1NC(=O)c1cccc(C)c1C. The number of ether oxygens (including phenoxy) is 1. The summed E-state index contributed by atoms with van der Waals surface area (Å²) in [5, 5.41) is 2.88. The summed E-state index contributed by atoms with van der Waals surface area (Å²) < 4.78 is 4.86. The van der Waals surface area contributed by atoms with Crippen molar-refractivity contribution in [2.45, 2.75) is 13.8 Å². The van der Waals surface area contributed by atoms with Gasteiger partial charge in [0.05, 0.1) is 18.4 Å². The second kappa shape index (κ2) is 7.87. The molecule has 0 atom stereocenters. The molecule has 3 aromatic rings. The average Bonchev–Trinajstić information content (AvgIpc) is 2.70. The van der Waals surface area contributed by atoms with Crippen LogP contribution in [0.5, 0.6) is 0 Å². The van der Waals surface area contributed by atoms with Gasteiger partial charge in [0.1, 0.15) is 0 Å². The van der Waals surface area contributed by atoms with E-state index in [4.69, 9.17) is 4.74 Å². The standard InChI is InChI=1S/C23H21NO3/c1-15-8-7-11-19(16(15)2)22(25)24-21-14-18(17-9-5-4-6-10-17)12-13-20(21)23(26)27-3/h4-14H,1-3H3,(H,24,25). The summed E-state index contributed by atoms with van der Waals surface area (Å²) in [7, 11) is 1.32. The van der Waals surface area contributed by atoms with E-state index >= 15 is 0 Å². The lowest BCUT2D eigenvalue weighted by molar-refractivity contribution is 0.0602. The van der Waals surface area contributed by atoms with E-state index in [-0.39, 0.29) is 5.91 Å². The van der Waals surface area contributed by atoms with Gasteiger partial charge in [-0.05, 0) is 54.3 Å². The van der Waals surface area contributed by atoms with Gasteiger partial charge in [0.2, 0.25) is 0 Å². The molecule has 0 heterocycles. The van der Waals surface area contributed by atoms with Crippen LogP contribution in [0.3, 0.4) is 0 Å². The molecule has 136 valence electrons. The zero-order chi connectivity index (χ0) is 19.4. The van der Waals surface area contributed by atoms with Crippen LogP contribution in [0.2, 0.25) is 0 Å². The molecule has 1 amide bonds. The summed E-state index contributed by atoms with van der Waals surface area (Å²) in [5.41, 5.74) is 5.17. The van der Waals surface area contributed by atoms with Crippen LogP contribution in [0, 0.1) is 13.8 Å². The highest BCUT2D eigenvalue weighted by Gasteiger charge is 2.17. The molecule has 0 radical (unpaired) electrons. The Balaban J connectivity index is 2.02. The number of rotatable bonds is 4. The van der Waals surface area contributed by atoms with Crippen molar-refractivity contribution in [1.29, 1.82) is 0 Å². The lowest BCUT2D eigenvalue weighted by atomic mass is 10.0. The number of methoxy groups -OCH3 is 1. The number of aryl methyl sites for hydroxylation is 1. The molecule has 0 fully saturated rings. The van der Waals surface area contributed by atoms with Crippen LogP contribution in [0.15, 0.2) is 66.7 Å². The molecule has 4 nitrogen and oxygen atoms in total. The van der Waals surface area contributed by atoms with Crippen molar-refractivity contribution in [2.75, 3.05) is 12.4 Å². The highest BCUT2D eigenvalue weighted by Crippen LogP contribution is 2.27. The van der Waals surface area contributed by atoms with Crippen LogP contribution in [-0.4, -0.2) is 19.0 Å². The first-order valence-corrected chi connectivity index (χ1v) is 8.66. The number of carbonyl (C=O) groups excluding carboxylic acids is 2. The lowest BCUT2D eigenvalue weighted by Gasteiger charge is -2.14. The third-order valence-corrected chi connectivity index (χ3v) is 4.63. The number of amides is 1. The van der Waals surface area contributed by atoms with Gasteiger partial charge < -0.3 is 10.1 Å². The largest absolute Gasteiger partial charge is 0.465 e. The van der Waals surface area contributed by atoms with E-state index < -0.39 is 5.97 Å². The van der Waals surface area contributed by atoms with Crippen LogP contribution >= 0.6 is 0 Å². The van der Waals surface area contributed by atoms with Gasteiger partial charge in [-0.3, -0.25) is 4.79 Å². The van der Waals surface area contributed by atoms with Gasteiger partial charge in [-0.15, -0.1) is 0 Å². The molecule has 27 heavy (non-hydrogen) atoms. The fourth-order valence-electron chi connectivity index (χ4n) is 2.93. The molecule has 0 spiro atoms. The molecule has 0 unspecified atom stereocenters. The fourth-order valence-corrected chi connectivity index (χ4v) is 2.93. The molecule has 0 saturated heterocycles. The number of nitrogens with one attached hydrogen (secondary N) is 1. The fraction of sp³-hybridized carbons (Fsp3) is 0.130. The Morgan fingerprint density at radius 1 is 0.815 bits per heavy atom. The van der Waals surface area contributed by atoms with Gasteiger partial charge in [-0.1, -0.05) is 48.5 Å². The van der Waals surface area contributed by atoms with Crippen LogP contribution < -0.4 is 5.32 Å². The van der Waals surface area contributed by atoms with Crippen molar-refractivity contribution in [2.24, 2.45) is 0 Å². The third kappa shape index (κ3) is 3.90. The molecule has 4 heteroatoms. The molecular weight excluding hydrogens is 338 g/mol. The first kappa shape index (κ1) is 18.4. The Morgan fingerprint density at radius 2 is 1.56 bits per heavy atom. The first-order valence-electron chi connectivity index (χ1n) is 8.66. The topological polar surface area (TPSA) is 55.4 Å². The minimum absolute atomic E-state index is 0.258. The Morgan fingerprint density at radius 3 is 2.26 bits per heavy atom. The Hall–Kier alpha value is -3.40. The van der Waals surface area contributed by atoms with Gasteiger partial charge >= 0.3 is 5.97 Å². The van der Waals surface area contributed by atoms with Gasteiger partial charge in [-0.2, -0.15) is 0 Å². The molecule has 3 rings (SSSR count). The summed E-state index contributed by atoms with van der Waals surface area (Å²) in [6.07, 6.45) is 0. The number of hydrogen-bond acceptors (Lipinski definition) is 3. The minimum atomic E-state index is -0.495. The van der Waals surface area contributed by atoms with E-state index in [0.29, 0.717) is 16.8 Å². The predicted octanol–water partition coefficient (Wildman–Crippen LogP) is 5.01. The van der Waals surface area contributed by atoms with Crippen molar-refractivity contribution < 1.29 is 14.3 Å². The molecule has 3 aromatic carbocycles. The van der Waals surface area contributed by atoms with Gasteiger partial charge in [0, 0.05) is 5.56 Å². The minimum Gasteiger partial charge on any atom is -0.465 e. The maximum Gasteiger partial charge on any atom is 0.339 e. The quantitative estimate of drug-likeness (QED) is 0.666. The number of anilines is 1. The van der Waals surface area contributed by atoms with Gasteiger partial charge in [-0.25, -0.2) is 4.79 Å². The average molecular weight is 359 g/mol. The van der Waals surface area contributed by atoms with Crippen LogP contribution in [0.1, 0.15) is 31.8 Å². The van der Waals surface area contributed by atoms with Crippen molar-refractivity contribution in [3.8, 4) is 11.1 Å². The zero-order valence-electron chi connectivity index (χ0n) is 15.6. The van der Waals surface area contributed by atoms with Crippen LogP contribution in [0.4, 0.5) is 5.69 Å². The Kier molecular flexibility index (Phi) is 5.36. The smallest absolute Gasteiger partial charge is 0.339 e. The summed E-state index contributed by atoms with van der Waals surface area (Å²) in [6.45, 7) is 3.87. The van der Waals surface area contributed by atoms with E-state index in [1.807, 2.05) is 62.4 Å². The van der Waals surface area contributed by atoms with Crippen LogP contribution in [-0.2, 0) is 4.74 Å². The molecule has 0 bridgehead atoms. The Labute approximate surface area is 158 Å². The normalized spacial score (nSPS) is 10.3. The molecule has 0 aliphatic rings. The first-order chi connectivity index (χ1) is 13.0. The summed E-state index contributed by atoms with van der Waals surface area (Å²) in [5.74, 6) is -0.752. The highest BCUT2D eigenvalue weighted by atomic mass is 16.5. The number of hydrogen-bond donors (Lipinski definition) is 1. The molecule has 0 saturated carbocycles. The van der Waals surface area contributed by atoms with Crippen molar-refractivity contribution in [1.82, 2.24) is 0 Å². The summed E-state index contributed by atoms with van der Waals surface area (Å²) >= 11 is 0. The van der Waals surface area contributed by atoms with E-state index in [9.17, 15) is 9.59 Å². The Bertz CT molecular complexity index is 994. The second-order valence-electron chi connectivity index (χ2n) is 6.32. The van der Waals surface area contributed by atoms with Gasteiger partial charge in [0.25, 0.3) is 5.91 Å². The lowest BCUT2D eigenvalue weighted by Crippen LogP contribution is -2.17. The molecule has 0 aliphatic carbocycles. The monoisotopic (exact) mass is 359 g/mol. The number of benzene rings is 3. The summed E-state index contributed by atoms with van der Waals surface area (Å²) in [6, 6.07) is 20.7. The molecule has 1 N–H and O–H groups in total. The van der Waals surface area contributed by atoms with Crippen molar-refractivity contribution in [3.05, 3.63) is 89.0 Å². The van der Waals surface area contributed by atoms with E-state index in [0.717, 1.165) is 22.3 Å².